The summed E-state index contributed by atoms with van der Waals surface area (Å²) in [5.41, 5.74) is 1.01. The van der Waals surface area contributed by atoms with E-state index >= 15 is 0 Å². The average molecular weight is 258 g/mol. The van der Waals surface area contributed by atoms with Crippen molar-refractivity contribution in [2.45, 2.75) is 31.3 Å². The molecule has 1 rings (SSSR count). The van der Waals surface area contributed by atoms with Crippen LogP contribution in [0.5, 0.6) is 0 Å². The first-order chi connectivity index (χ1) is 7.95. The number of methoxy groups -OCH3 is 1. The molecule has 0 N–H and O–H groups in total. The molecule has 1 aromatic carbocycles. The van der Waals surface area contributed by atoms with Gasteiger partial charge in [0.25, 0.3) is 10.1 Å². The monoisotopic (exact) mass is 258 g/mol. The molecule has 1 aromatic rings. The van der Waals surface area contributed by atoms with Gasteiger partial charge in [-0.2, -0.15) is 8.42 Å². The molecule has 0 heterocycles. The molecule has 96 valence electrons. The highest BCUT2D eigenvalue weighted by Crippen LogP contribution is 2.13. The van der Waals surface area contributed by atoms with Gasteiger partial charge in [0.2, 0.25) is 0 Å². The molecule has 0 aliphatic heterocycles. The van der Waals surface area contributed by atoms with Crippen molar-refractivity contribution in [1.29, 1.82) is 0 Å². The van der Waals surface area contributed by atoms with Crippen LogP contribution in [0.25, 0.3) is 0 Å². The van der Waals surface area contributed by atoms with E-state index in [4.69, 9.17) is 8.92 Å². The third-order valence-electron chi connectivity index (χ3n) is 2.47. The Morgan fingerprint density at radius 1 is 1.24 bits per heavy atom. The molecule has 4 nitrogen and oxygen atoms in total. The summed E-state index contributed by atoms with van der Waals surface area (Å²) in [6.07, 6.45) is 0.532. The predicted molar refractivity (Wildman–Crippen MR) is 65.4 cm³/mol. The summed E-state index contributed by atoms with van der Waals surface area (Å²) in [5.74, 6) is 0. The lowest BCUT2D eigenvalue weighted by Crippen LogP contribution is -2.13. The van der Waals surface area contributed by atoms with Crippen LogP contribution in [-0.4, -0.2) is 28.2 Å². The minimum atomic E-state index is -3.64. The first-order valence-corrected chi connectivity index (χ1v) is 6.85. The Bertz CT molecular complexity index is 436. The highest BCUT2D eigenvalue weighted by atomic mass is 32.2. The maximum Gasteiger partial charge on any atom is 0.296 e. The maximum absolute atomic E-state index is 11.8. The highest BCUT2D eigenvalue weighted by molar-refractivity contribution is 7.86. The van der Waals surface area contributed by atoms with Crippen molar-refractivity contribution in [2.75, 3.05) is 13.7 Å². The molecule has 0 bridgehead atoms. The summed E-state index contributed by atoms with van der Waals surface area (Å²) in [6.45, 7) is 3.89. The predicted octanol–water partition coefficient (Wildman–Crippen LogP) is 2.13. The Morgan fingerprint density at radius 3 is 2.35 bits per heavy atom. The summed E-state index contributed by atoms with van der Waals surface area (Å²) >= 11 is 0. The van der Waals surface area contributed by atoms with Gasteiger partial charge < -0.3 is 4.74 Å². The summed E-state index contributed by atoms with van der Waals surface area (Å²) in [5, 5.41) is 0. The summed E-state index contributed by atoms with van der Waals surface area (Å²) < 4.78 is 33.4. The molecule has 5 heteroatoms. The van der Waals surface area contributed by atoms with Gasteiger partial charge >= 0.3 is 0 Å². The first-order valence-electron chi connectivity index (χ1n) is 5.44. The maximum atomic E-state index is 11.8. The SMILES string of the molecule is CO[C@H](C)CCOS(=O)(=O)c1ccc(C)cc1. The number of benzene rings is 1. The third-order valence-corrected chi connectivity index (χ3v) is 3.80. The van der Waals surface area contributed by atoms with E-state index in [0.29, 0.717) is 6.42 Å². The number of rotatable bonds is 6. The Kier molecular flexibility index (Phi) is 5.11. The summed E-state index contributed by atoms with van der Waals surface area (Å²) in [4.78, 5) is 0.188. The van der Waals surface area contributed by atoms with Crippen molar-refractivity contribution in [2.24, 2.45) is 0 Å². The molecular formula is C12H18O4S. The van der Waals surface area contributed by atoms with Crippen molar-refractivity contribution < 1.29 is 17.3 Å². The van der Waals surface area contributed by atoms with Crippen LogP contribution in [0, 0.1) is 6.92 Å². The number of aryl methyl sites for hydroxylation is 1. The zero-order chi connectivity index (χ0) is 12.9. The molecule has 0 aliphatic rings. The zero-order valence-corrected chi connectivity index (χ0v) is 11.2. The van der Waals surface area contributed by atoms with E-state index < -0.39 is 10.1 Å². The van der Waals surface area contributed by atoms with Gasteiger partial charge in [-0.1, -0.05) is 17.7 Å². The summed E-state index contributed by atoms with van der Waals surface area (Å²) in [7, 11) is -2.05. The molecule has 0 aromatic heterocycles. The number of ether oxygens (including phenoxy) is 1. The lowest BCUT2D eigenvalue weighted by atomic mass is 10.2. The molecule has 0 unspecified atom stereocenters. The fraction of sp³-hybridized carbons (Fsp3) is 0.500. The quantitative estimate of drug-likeness (QED) is 0.733. The van der Waals surface area contributed by atoms with Crippen LogP contribution in [0.15, 0.2) is 29.2 Å². The van der Waals surface area contributed by atoms with Crippen LogP contribution in [0.2, 0.25) is 0 Å². The molecule has 0 fully saturated rings. The highest BCUT2D eigenvalue weighted by Gasteiger charge is 2.15. The second-order valence-electron chi connectivity index (χ2n) is 3.92. The van der Waals surface area contributed by atoms with Crippen molar-refractivity contribution in [3.05, 3.63) is 29.8 Å². The van der Waals surface area contributed by atoms with E-state index in [1.807, 2.05) is 13.8 Å². The van der Waals surface area contributed by atoms with Gasteiger partial charge in [0.15, 0.2) is 0 Å². The molecule has 17 heavy (non-hydrogen) atoms. The van der Waals surface area contributed by atoms with Crippen LogP contribution < -0.4 is 0 Å². The van der Waals surface area contributed by atoms with Crippen LogP contribution in [-0.2, 0) is 19.0 Å². The Balaban J connectivity index is 2.60. The largest absolute Gasteiger partial charge is 0.382 e. The second kappa shape index (κ2) is 6.14. The van der Waals surface area contributed by atoms with Crippen LogP contribution in [0.1, 0.15) is 18.9 Å². The van der Waals surface area contributed by atoms with E-state index in [0.717, 1.165) is 5.56 Å². The number of hydrogen-bond acceptors (Lipinski definition) is 4. The van der Waals surface area contributed by atoms with E-state index in [1.165, 1.54) is 0 Å². The molecule has 0 amide bonds. The van der Waals surface area contributed by atoms with Crippen LogP contribution in [0.4, 0.5) is 0 Å². The van der Waals surface area contributed by atoms with Gasteiger partial charge in [-0.3, -0.25) is 4.18 Å². The molecule has 0 saturated carbocycles. The van der Waals surface area contributed by atoms with Gasteiger partial charge in [0.05, 0.1) is 17.6 Å². The Morgan fingerprint density at radius 2 is 1.82 bits per heavy atom. The van der Waals surface area contributed by atoms with Gasteiger partial charge in [-0.25, -0.2) is 0 Å². The molecular weight excluding hydrogens is 240 g/mol. The topological polar surface area (TPSA) is 52.6 Å². The molecule has 0 spiro atoms. The van der Waals surface area contributed by atoms with Gasteiger partial charge in [-0.05, 0) is 32.4 Å². The fourth-order valence-corrected chi connectivity index (χ4v) is 2.14. The second-order valence-corrected chi connectivity index (χ2v) is 5.54. The lowest BCUT2D eigenvalue weighted by Gasteiger charge is -2.09. The van der Waals surface area contributed by atoms with E-state index in [2.05, 4.69) is 0 Å². The molecule has 1 atom stereocenters. The average Bonchev–Trinajstić information content (AvgIpc) is 2.29. The van der Waals surface area contributed by atoms with Gasteiger partial charge in [0, 0.05) is 7.11 Å². The van der Waals surface area contributed by atoms with Crippen LogP contribution in [0.3, 0.4) is 0 Å². The smallest absolute Gasteiger partial charge is 0.296 e. The van der Waals surface area contributed by atoms with Crippen molar-refractivity contribution in [1.82, 2.24) is 0 Å². The minimum Gasteiger partial charge on any atom is -0.382 e. The van der Waals surface area contributed by atoms with Crippen molar-refractivity contribution >= 4 is 10.1 Å². The first kappa shape index (κ1) is 14.2. The standard InChI is InChI=1S/C12H18O4S/c1-10-4-6-12(7-5-10)17(13,14)16-9-8-11(2)15-3/h4-7,11H,8-9H2,1-3H3/t11-/m1/s1. The van der Waals surface area contributed by atoms with Crippen molar-refractivity contribution in [3.8, 4) is 0 Å². The van der Waals surface area contributed by atoms with Crippen LogP contribution >= 0.6 is 0 Å². The number of hydrogen-bond donors (Lipinski definition) is 0. The lowest BCUT2D eigenvalue weighted by molar-refractivity contribution is 0.0966. The summed E-state index contributed by atoms with van der Waals surface area (Å²) in [6, 6.07) is 6.58. The molecule has 0 aliphatic carbocycles. The van der Waals surface area contributed by atoms with Gasteiger partial charge in [0.1, 0.15) is 0 Å². The third kappa shape index (κ3) is 4.46. The van der Waals surface area contributed by atoms with E-state index in [9.17, 15) is 8.42 Å². The van der Waals surface area contributed by atoms with E-state index in [-0.39, 0.29) is 17.6 Å². The molecule has 0 radical (unpaired) electrons. The molecule has 0 saturated heterocycles. The zero-order valence-electron chi connectivity index (χ0n) is 10.3. The Labute approximate surface area is 103 Å². The fourth-order valence-electron chi connectivity index (χ4n) is 1.21. The van der Waals surface area contributed by atoms with E-state index in [1.54, 1.807) is 31.4 Å². The van der Waals surface area contributed by atoms with Crippen molar-refractivity contribution in [3.63, 3.8) is 0 Å². The minimum absolute atomic E-state index is 0.0109. The normalized spacial score (nSPS) is 13.6. The Hall–Kier alpha value is -0.910. The van der Waals surface area contributed by atoms with Gasteiger partial charge in [-0.15, -0.1) is 0 Å².